The lowest BCUT2D eigenvalue weighted by molar-refractivity contribution is 0.0431. The summed E-state index contributed by atoms with van der Waals surface area (Å²) in [6.07, 6.45) is -0.0130. The minimum Gasteiger partial charge on any atom is -0.496 e. The third-order valence-electron chi connectivity index (χ3n) is 3.55. The molecule has 18 heavy (non-hydrogen) atoms. The van der Waals surface area contributed by atoms with Gasteiger partial charge < -0.3 is 15.2 Å². The lowest BCUT2D eigenvalue weighted by atomic mass is 9.91. The average Bonchev–Trinajstić information content (AvgIpc) is 2.32. The SMILES string of the molecule is COc1c(C(N)C(OC)C(C)C)ccc(C)c1C. The van der Waals surface area contributed by atoms with Crippen molar-refractivity contribution in [3.8, 4) is 5.75 Å². The van der Waals surface area contributed by atoms with Crippen molar-refractivity contribution in [3.05, 3.63) is 28.8 Å². The highest BCUT2D eigenvalue weighted by molar-refractivity contribution is 5.47. The van der Waals surface area contributed by atoms with Crippen LogP contribution in [0.4, 0.5) is 0 Å². The molecule has 0 heterocycles. The molecule has 102 valence electrons. The van der Waals surface area contributed by atoms with Gasteiger partial charge >= 0.3 is 0 Å². The smallest absolute Gasteiger partial charge is 0.126 e. The van der Waals surface area contributed by atoms with Crippen LogP contribution in [-0.2, 0) is 4.74 Å². The largest absolute Gasteiger partial charge is 0.496 e. The summed E-state index contributed by atoms with van der Waals surface area (Å²) in [6, 6.07) is 3.95. The van der Waals surface area contributed by atoms with E-state index in [-0.39, 0.29) is 12.1 Å². The number of rotatable bonds is 5. The molecule has 0 aliphatic heterocycles. The summed E-state index contributed by atoms with van der Waals surface area (Å²) in [7, 11) is 3.40. The first-order valence-corrected chi connectivity index (χ1v) is 6.36. The molecule has 0 aliphatic carbocycles. The van der Waals surface area contributed by atoms with E-state index in [0.717, 1.165) is 16.9 Å². The molecule has 1 aromatic rings. The van der Waals surface area contributed by atoms with E-state index in [0.29, 0.717) is 5.92 Å². The van der Waals surface area contributed by atoms with Crippen LogP contribution < -0.4 is 10.5 Å². The van der Waals surface area contributed by atoms with E-state index >= 15 is 0 Å². The predicted molar refractivity (Wildman–Crippen MR) is 75.0 cm³/mol. The summed E-state index contributed by atoms with van der Waals surface area (Å²) in [6.45, 7) is 8.36. The van der Waals surface area contributed by atoms with Gasteiger partial charge in [-0.3, -0.25) is 0 Å². The van der Waals surface area contributed by atoms with Gasteiger partial charge in [-0.15, -0.1) is 0 Å². The number of nitrogens with two attached hydrogens (primary N) is 1. The standard InChI is InChI=1S/C15H25NO2/c1-9(2)14(17-5)13(16)12-8-7-10(3)11(4)15(12)18-6/h7-9,13-14H,16H2,1-6H3. The number of hydrogen-bond donors (Lipinski definition) is 1. The quantitative estimate of drug-likeness (QED) is 0.875. The van der Waals surface area contributed by atoms with E-state index in [1.807, 2.05) is 6.07 Å². The summed E-state index contributed by atoms with van der Waals surface area (Å²) in [5.74, 6) is 1.24. The van der Waals surface area contributed by atoms with Gasteiger partial charge in [-0.1, -0.05) is 26.0 Å². The molecule has 2 unspecified atom stereocenters. The van der Waals surface area contributed by atoms with Gasteiger partial charge in [0.1, 0.15) is 5.75 Å². The Balaban J connectivity index is 3.20. The molecule has 0 aromatic heterocycles. The summed E-state index contributed by atoms with van der Waals surface area (Å²) in [5.41, 5.74) is 9.71. The fourth-order valence-electron chi connectivity index (χ4n) is 2.35. The molecular weight excluding hydrogens is 226 g/mol. The maximum Gasteiger partial charge on any atom is 0.126 e. The molecule has 1 rings (SSSR count). The molecule has 0 fully saturated rings. The Kier molecular flexibility index (Phi) is 5.17. The molecular formula is C15H25NO2. The Bertz CT molecular complexity index is 402. The summed E-state index contributed by atoms with van der Waals surface area (Å²) in [4.78, 5) is 0. The Morgan fingerprint density at radius 2 is 1.72 bits per heavy atom. The number of methoxy groups -OCH3 is 2. The predicted octanol–water partition coefficient (Wildman–Crippen LogP) is 2.98. The van der Waals surface area contributed by atoms with Gasteiger partial charge in [0.25, 0.3) is 0 Å². The molecule has 0 radical (unpaired) electrons. The Morgan fingerprint density at radius 3 is 2.17 bits per heavy atom. The number of ether oxygens (including phenoxy) is 2. The first-order valence-electron chi connectivity index (χ1n) is 6.36. The summed E-state index contributed by atoms with van der Waals surface area (Å²) >= 11 is 0. The van der Waals surface area contributed by atoms with Crippen LogP contribution in [0, 0.1) is 19.8 Å². The highest BCUT2D eigenvalue weighted by atomic mass is 16.5. The van der Waals surface area contributed by atoms with Crippen molar-refractivity contribution in [2.75, 3.05) is 14.2 Å². The van der Waals surface area contributed by atoms with E-state index < -0.39 is 0 Å². The first-order chi connectivity index (χ1) is 8.43. The monoisotopic (exact) mass is 251 g/mol. The molecule has 0 aliphatic rings. The first kappa shape index (κ1) is 15.0. The summed E-state index contributed by atoms with van der Waals surface area (Å²) < 4.78 is 11.0. The van der Waals surface area contributed by atoms with Crippen LogP contribution in [0.3, 0.4) is 0 Å². The average molecular weight is 251 g/mol. The van der Waals surface area contributed by atoms with Crippen molar-refractivity contribution in [2.45, 2.75) is 39.8 Å². The minimum atomic E-state index is -0.177. The molecule has 0 spiro atoms. The minimum absolute atomic E-state index is 0.0130. The van der Waals surface area contributed by atoms with E-state index in [2.05, 4.69) is 33.8 Å². The van der Waals surface area contributed by atoms with Crippen LogP contribution in [0.2, 0.25) is 0 Å². The maximum atomic E-state index is 6.34. The van der Waals surface area contributed by atoms with Crippen molar-refractivity contribution in [1.29, 1.82) is 0 Å². The van der Waals surface area contributed by atoms with Gasteiger partial charge in [-0.05, 0) is 30.9 Å². The molecule has 3 heteroatoms. The van der Waals surface area contributed by atoms with Crippen LogP contribution in [0.1, 0.15) is 36.6 Å². The number of aryl methyl sites for hydroxylation is 1. The molecule has 2 atom stereocenters. The van der Waals surface area contributed by atoms with Crippen molar-refractivity contribution < 1.29 is 9.47 Å². The lowest BCUT2D eigenvalue weighted by Gasteiger charge is -2.28. The van der Waals surface area contributed by atoms with Crippen molar-refractivity contribution in [3.63, 3.8) is 0 Å². The molecule has 1 aromatic carbocycles. The van der Waals surface area contributed by atoms with E-state index in [4.69, 9.17) is 15.2 Å². The Morgan fingerprint density at radius 1 is 1.11 bits per heavy atom. The molecule has 0 bridgehead atoms. The molecule has 0 saturated heterocycles. The van der Waals surface area contributed by atoms with Gasteiger partial charge in [0.2, 0.25) is 0 Å². The maximum absolute atomic E-state index is 6.34. The van der Waals surface area contributed by atoms with E-state index in [1.54, 1.807) is 14.2 Å². The van der Waals surface area contributed by atoms with Gasteiger partial charge in [-0.25, -0.2) is 0 Å². The highest BCUT2D eigenvalue weighted by Gasteiger charge is 2.25. The Labute approximate surface area is 110 Å². The fourth-order valence-corrected chi connectivity index (χ4v) is 2.35. The van der Waals surface area contributed by atoms with Crippen molar-refractivity contribution >= 4 is 0 Å². The van der Waals surface area contributed by atoms with Crippen LogP contribution in [0.25, 0.3) is 0 Å². The number of benzene rings is 1. The van der Waals surface area contributed by atoms with Gasteiger partial charge in [-0.2, -0.15) is 0 Å². The van der Waals surface area contributed by atoms with Gasteiger partial charge in [0.05, 0.1) is 19.3 Å². The Hall–Kier alpha value is -1.06. The topological polar surface area (TPSA) is 44.5 Å². The highest BCUT2D eigenvalue weighted by Crippen LogP contribution is 2.33. The third kappa shape index (κ3) is 2.85. The zero-order valence-corrected chi connectivity index (χ0v) is 12.3. The van der Waals surface area contributed by atoms with Gasteiger partial charge in [0.15, 0.2) is 0 Å². The molecule has 2 N–H and O–H groups in total. The fraction of sp³-hybridized carbons (Fsp3) is 0.600. The van der Waals surface area contributed by atoms with Crippen LogP contribution in [-0.4, -0.2) is 20.3 Å². The normalized spacial score (nSPS) is 14.7. The molecule has 0 amide bonds. The van der Waals surface area contributed by atoms with E-state index in [9.17, 15) is 0 Å². The second-order valence-corrected chi connectivity index (χ2v) is 5.10. The zero-order chi connectivity index (χ0) is 13.9. The second kappa shape index (κ2) is 6.21. The zero-order valence-electron chi connectivity index (χ0n) is 12.3. The van der Waals surface area contributed by atoms with Gasteiger partial charge in [0, 0.05) is 12.7 Å². The number of hydrogen-bond acceptors (Lipinski definition) is 3. The third-order valence-corrected chi connectivity index (χ3v) is 3.55. The summed E-state index contributed by atoms with van der Waals surface area (Å²) in [5, 5.41) is 0. The van der Waals surface area contributed by atoms with E-state index in [1.165, 1.54) is 5.56 Å². The van der Waals surface area contributed by atoms with Crippen LogP contribution >= 0.6 is 0 Å². The van der Waals surface area contributed by atoms with Crippen LogP contribution in [0.15, 0.2) is 12.1 Å². The van der Waals surface area contributed by atoms with Crippen molar-refractivity contribution in [2.24, 2.45) is 11.7 Å². The molecule has 3 nitrogen and oxygen atoms in total. The second-order valence-electron chi connectivity index (χ2n) is 5.10. The van der Waals surface area contributed by atoms with Crippen molar-refractivity contribution in [1.82, 2.24) is 0 Å². The lowest BCUT2D eigenvalue weighted by Crippen LogP contribution is -2.32. The molecule has 0 saturated carbocycles. The van der Waals surface area contributed by atoms with Crippen LogP contribution in [0.5, 0.6) is 5.75 Å².